The molecule has 1 aromatic carbocycles. The van der Waals surface area contributed by atoms with E-state index in [-0.39, 0.29) is 11.1 Å². The number of nitriles is 1. The van der Waals surface area contributed by atoms with Crippen LogP contribution < -0.4 is 16.0 Å². The number of benzene rings is 1. The minimum absolute atomic E-state index is 0.0993. The molecule has 2 heterocycles. The van der Waals surface area contributed by atoms with E-state index in [0.29, 0.717) is 33.9 Å². The van der Waals surface area contributed by atoms with Crippen LogP contribution in [0.15, 0.2) is 33.7 Å². The summed E-state index contributed by atoms with van der Waals surface area (Å²) in [6.07, 6.45) is 4.03. The first kappa shape index (κ1) is 18.3. The summed E-state index contributed by atoms with van der Waals surface area (Å²) in [6.45, 7) is 2.37. The summed E-state index contributed by atoms with van der Waals surface area (Å²) >= 11 is 1.49. The number of primary amides is 1. The second kappa shape index (κ2) is 7.49. The van der Waals surface area contributed by atoms with Crippen LogP contribution in [0, 0.1) is 11.3 Å². The molecule has 0 saturated heterocycles. The van der Waals surface area contributed by atoms with E-state index >= 15 is 0 Å². The van der Waals surface area contributed by atoms with Gasteiger partial charge in [-0.1, -0.05) is 12.1 Å². The van der Waals surface area contributed by atoms with Crippen LogP contribution in [0.5, 0.6) is 5.75 Å². The molecule has 4 rings (SSSR count). The second-order valence-electron chi connectivity index (χ2n) is 6.55. The van der Waals surface area contributed by atoms with Crippen LogP contribution in [0.1, 0.15) is 46.1 Å². The van der Waals surface area contributed by atoms with Gasteiger partial charge in [0.25, 0.3) is 5.91 Å². The highest BCUT2D eigenvalue weighted by Crippen LogP contribution is 2.39. The zero-order chi connectivity index (χ0) is 19.7. The maximum atomic E-state index is 12.0. The minimum Gasteiger partial charge on any atom is -0.490 e. The fourth-order valence-electron chi connectivity index (χ4n) is 3.49. The van der Waals surface area contributed by atoms with Gasteiger partial charge in [-0.2, -0.15) is 5.26 Å². The standard InChI is InChI=1S/C21H19N3O3S/c1-2-26-16-8-5-6-12-10-14(19(23)25)20(27-18(12)16)24-21-15(11-22)13-7-3-4-9-17(13)28-21/h5-6,8,10H,2-4,7,9H2,1H3,(H2,23,25)/b24-20-. The van der Waals surface area contributed by atoms with Crippen molar-refractivity contribution in [3.63, 3.8) is 0 Å². The van der Waals surface area contributed by atoms with Crippen LogP contribution in [-0.4, -0.2) is 12.5 Å². The Balaban J connectivity index is 1.98. The van der Waals surface area contributed by atoms with E-state index in [1.54, 1.807) is 12.1 Å². The highest BCUT2D eigenvalue weighted by molar-refractivity contribution is 7.16. The molecule has 0 aliphatic heterocycles. The van der Waals surface area contributed by atoms with Gasteiger partial charge >= 0.3 is 0 Å². The highest BCUT2D eigenvalue weighted by Gasteiger charge is 2.21. The summed E-state index contributed by atoms with van der Waals surface area (Å²) in [5.74, 6) is -0.0653. The Kier molecular flexibility index (Phi) is 4.88. The summed E-state index contributed by atoms with van der Waals surface area (Å²) in [5.41, 5.74) is 7.99. The minimum atomic E-state index is -0.633. The number of carbonyl (C=O) groups is 1. The van der Waals surface area contributed by atoms with Crippen LogP contribution >= 0.6 is 11.3 Å². The average molecular weight is 393 g/mol. The monoisotopic (exact) mass is 393 g/mol. The largest absolute Gasteiger partial charge is 0.490 e. The Morgan fingerprint density at radius 3 is 2.96 bits per heavy atom. The fraction of sp³-hybridized carbons (Fsp3) is 0.286. The Morgan fingerprint density at radius 2 is 2.21 bits per heavy atom. The zero-order valence-electron chi connectivity index (χ0n) is 15.4. The molecule has 0 fully saturated rings. The SMILES string of the molecule is CCOc1cccc2cc(C(N)=O)/c(=N/c3sc4c(c3C#N)CCCC4)oc12. The first-order valence-electron chi connectivity index (χ1n) is 9.21. The molecule has 3 aromatic rings. The van der Waals surface area contributed by atoms with Crippen LogP contribution in [-0.2, 0) is 12.8 Å². The number of carbonyl (C=O) groups excluding carboxylic acids is 1. The summed E-state index contributed by atoms with van der Waals surface area (Å²) in [6, 6.07) is 9.38. The molecule has 0 unspecified atom stereocenters. The molecule has 1 aliphatic rings. The lowest BCUT2D eigenvalue weighted by molar-refractivity contribution is 0.0996. The predicted octanol–water partition coefficient (Wildman–Crippen LogP) is 3.97. The highest BCUT2D eigenvalue weighted by atomic mass is 32.1. The number of para-hydroxylation sites is 1. The van der Waals surface area contributed by atoms with Gasteiger partial charge in [-0.25, -0.2) is 4.99 Å². The molecule has 0 spiro atoms. The van der Waals surface area contributed by atoms with Crippen molar-refractivity contribution in [1.29, 1.82) is 5.26 Å². The van der Waals surface area contributed by atoms with Gasteiger partial charge < -0.3 is 14.9 Å². The summed E-state index contributed by atoms with van der Waals surface area (Å²) in [4.78, 5) is 17.8. The number of rotatable bonds is 4. The van der Waals surface area contributed by atoms with Crippen molar-refractivity contribution < 1.29 is 13.9 Å². The molecule has 0 radical (unpaired) electrons. The van der Waals surface area contributed by atoms with E-state index in [4.69, 9.17) is 14.9 Å². The quantitative estimate of drug-likeness (QED) is 0.724. The molecule has 142 valence electrons. The number of nitrogens with two attached hydrogens (primary N) is 1. The van der Waals surface area contributed by atoms with Crippen LogP contribution in [0.3, 0.4) is 0 Å². The third kappa shape index (κ3) is 3.16. The maximum Gasteiger partial charge on any atom is 0.254 e. The molecule has 1 amide bonds. The lowest BCUT2D eigenvalue weighted by Crippen LogP contribution is -2.21. The van der Waals surface area contributed by atoms with Gasteiger partial charge in [0, 0.05) is 10.3 Å². The van der Waals surface area contributed by atoms with E-state index in [9.17, 15) is 10.1 Å². The van der Waals surface area contributed by atoms with Crippen molar-refractivity contribution in [2.45, 2.75) is 32.6 Å². The number of hydrogen-bond acceptors (Lipinski definition) is 6. The third-order valence-electron chi connectivity index (χ3n) is 4.77. The van der Waals surface area contributed by atoms with Crippen molar-refractivity contribution in [2.75, 3.05) is 6.61 Å². The molecular formula is C21H19N3O3S. The topological polar surface area (TPSA) is 102 Å². The number of ether oxygens (including phenoxy) is 1. The van der Waals surface area contributed by atoms with Crippen LogP contribution in [0.2, 0.25) is 0 Å². The molecule has 0 atom stereocenters. The van der Waals surface area contributed by atoms with Crippen molar-refractivity contribution in [2.24, 2.45) is 10.7 Å². The molecule has 2 N–H and O–H groups in total. The average Bonchev–Trinajstić information content (AvgIpc) is 3.05. The van der Waals surface area contributed by atoms with Crippen molar-refractivity contribution >= 4 is 33.2 Å². The van der Waals surface area contributed by atoms with E-state index in [1.165, 1.54) is 16.2 Å². The molecule has 2 aromatic heterocycles. The lowest BCUT2D eigenvalue weighted by Gasteiger charge is -2.09. The zero-order valence-corrected chi connectivity index (χ0v) is 16.3. The van der Waals surface area contributed by atoms with Gasteiger partial charge in [0.05, 0.1) is 12.2 Å². The molecule has 28 heavy (non-hydrogen) atoms. The van der Waals surface area contributed by atoms with E-state index in [1.807, 2.05) is 19.1 Å². The Morgan fingerprint density at radius 1 is 1.39 bits per heavy atom. The van der Waals surface area contributed by atoms with Gasteiger partial charge in [0.1, 0.15) is 16.6 Å². The number of aryl methyl sites for hydroxylation is 1. The van der Waals surface area contributed by atoms with Crippen molar-refractivity contribution in [1.82, 2.24) is 0 Å². The molecular weight excluding hydrogens is 374 g/mol. The lowest BCUT2D eigenvalue weighted by atomic mass is 9.96. The molecule has 0 saturated carbocycles. The first-order valence-corrected chi connectivity index (χ1v) is 10.0. The van der Waals surface area contributed by atoms with Crippen molar-refractivity contribution in [3.05, 3.63) is 51.4 Å². The number of hydrogen-bond donors (Lipinski definition) is 1. The van der Waals surface area contributed by atoms with Crippen molar-refractivity contribution in [3.8, 4) is 11.8 Å². The summed E-state index contributed by atoms with van der Waals surface area (Å²) < 4.78 is 11.6. The molecule has 6 nitrogen and oxygen atoms in total. The predicted molar refractivity (Wildman–Crippen MR) is 107 cm³/mol. The molecule has 7 heteroatoms. The number of thiophene rings is 1. The number of fused-ring (bicyclic) bond motifs is 2. The van der Waals surface area contributed by atoms with Gasteiger partial charge in [-0.15, -0.1) is 11.3 Å². The van der Waals surface area contributed by atoms with Gasteiger partial charge in [-0.05, 0) is 50.3 Å². The summed E-state index contributed by atoms with van der Waals surface area (Å²) in [7, 11) is 0. The maximum absolute atomic E-state index is 12.0. The van der Waals surface area contributed by atoms with E-state index in [2.05, 4.69) is 11.1 Å². The smallest absolute Gasteiger partial charge is 0.254 e. The van der Waals surface area contributed by atoms with E-state index < -0.39 is 5.91 Å². The Bertz CT molecular complexity index is 1180. The van der Waals surface area contributed by atoms with Gasteiger partial charge in [0.2, 0.25) is 5.55 Å². The van der Waals surface area contributed by atoms with E-state index in [0.717, 1.165) is 31.2 Å². The Labute approximate surface area is 165 Å². The fourth-order valence-corrected chi connectivity index (χ4v) is 4.70. The summed E-state index contributed by atoms with van der Waals surface area (Å²) in [5, 5.41) is 10.9. The third-order valence-corrected chi connectivity index (χ3v) is 5.96. The van der Waals surface area contributed by atoms with Gasteiger partial charge in [0.15, 0.2) is 11.3 Å². The number of nitrogens with zero attached hydrogens (tertiary/aromatic N) is 2. The Hall–Kier alpha value is -3.11. The normalized spacial score (nSPS) is 13.9. The second-order valence-corrected chi connectivity index (χ2v) is 7.64. The van der Waals surface area contributed by atoms with Gasteiger partial charge in [-0.3, -0.25) is 4.79 Å². The molecule has 1 aliphatic carbocycles. The van der Waals surface area contributed by atoms with Crippen LogP contribution in [0.4, 0.5) is 5.00 Å². The first-order chi connectivity index (χ1) is 13.6. The molecule has 0 bridgehead atoms. The number of amides is 1. The van der Waals surface area contributed by atoms with Crippen LogP contribution in [0.25, 0.3) is 11.0 Å².